The van der Waals surface area contributed by atoms with Gasteiger partial charge in [-0.25, -0.2) is 0 Å². The first kappa shape index (κ1) is 24.9. The lowest BCUT2D eigenvalue weighted by Crippen LogP contribution is -2.33. The molecule has 35 heavy (non-hydrogen) atoms. The number of amides is 2. The van der Waals surface area contributed by atoms with Crippen LogP contribution in [0.1, 0.15) is 79.2 Å². The van der Waals surface area contributed by atoms with Gasteiger partial charge in [0.05, 0.1) is 18.3 Å². The van der Waals surface area contributed by atoms with Crippen molar-refractivity contribution in [1.82, 2.24) is 9.47 Å². The molecule has 2 aliphatic rings. The lowest BCUT2D eigenvalue weighted by atomic mass is 9.81. The Hall–Kier alpha value is -3.22. The molecule has 0 radical (unpaired) electrons. The molecule has 0 N–H and O–H groups in total. The Morgan fingerprint density at radius 2 is 1.60 bits per heavy atom. The predicted molar refractivity (Wildman–Crippen MR) is 131 cm³/mol. The molecule has 7 nitrogen and oxygen atoms in total. The number of ether oxygens (including phenoxy) is 1. The number of carbonyl (C=O) groups is 4. The van der Waals surface area contributed by atoms with Crippen LogP contribution in [-0.2, 0) is 19.1 Å². The molecule has 2 amide bonds. The fourth-order valence-electron chi connectivity index (χ4n) is 5.40. The molecular formula is C28H34N2O5. The van der Waals surface area contributed by atoms with E-state index in [4.69, 9.17) is 4.74 Å². The summed E-state index contributed by atoms with van der Waals surface area (Å²) in [6, 6.07) is 10.1. The van der Waals surface area contributed by atoms with Gasteiger partial charge >= 0.3 is 5.97 Å². The van der Waals surface area contributed by atoms with Crippen LogP contribution in [0, 0.1) is 25.7 Å². The van der Waals surface area contributed by atoms with E-state index in [9.17, 15) is 19.2 Å². The zero-order valence-electron chi connectivity index (χ0n) is 21.0. The van der Waals surface area contributed by atoms with Crippen LogP contribution in [0.2, 0.25) is 0 Å². The van der Waals surface area contributed by atoms with Gasteiger partial charge in [0.1, 0.15) is 0 Å². The number of ketones is 1. The van der Waals surface area contributed by atoms with Crippen molar-refractivity contribution in [1.29, 1.82) is 0 Å². The molecule has 1 saturated carbocycles. The topological polar surface area (TPSA) is 85.7 Å². The van der Waals surface area contributed by atoms with Crippen LogP contribution in [0.5, 0.6) is 0 Å². The normalized spacial score (nSPS) is 19.9. The van der Waals surface area contributed by atoms with Gasteiger partial charge in [-0.1, -0.05) is 38.8 Å². The molecule has 4 rings (SSSR count). The summed E-state index contributed by atoms with van der Waals surface area (Å²) in [6.45, 7) is 7.75. The van der Waals surface area contributed by atoms with Crippen molar-refractivity contribution in [2.45, 2.75) is 65.7 Å². The maximum absolute atomic E-state index is 12.8. The van der Waals surface area contributed by atoms with E-state index in [1.165, 1.54) is 10.5 Å². The van der Waals surface area contributed by atoms with E-state index in [1.54, 1.807) is 0 Å². The highest BCUT2D eigenvalue weighted by atomic mass is 16.5. The van der Waals surface area contributed by atoms with Gasteiger partial charge in [-0.05, 0) is 56.4 Å². The van der Waals surface area contributed by atoms with Crippen molar-refractivity contribution >= 4 is 23.6 Å². The molecule has 2 heterocycles. The van der Waals surface area contributed by atoms with Gasteiger partial charge in [-0.3, -0.25) is 24.1 Å². The second-order valence-corrected chi connectivity index (χ2v) is 10.0. The first-order chi connectivity index (χ1) is 16.7. The van der Waals surface area contributed by atoms with Crippen LogP contribution in [0.25, 0.3) is 5.69 Å². The highest BCUT2D eigenvalue weighted by Gasteiger charge is 2.47. The molecule has 1 aromatic heterocycles. The number of rotatable bonds is 8. The summed E-state index contributed by atoms with van der Waals surface area (Å²) < 4.78 is 7.23. The third-order valence-corrected chi connectivity index (χ3v) is 7.39. The summed E-state index contributed by atoms with van der Waals surface area (Å²) in [6.07, 6.45) is 3.30. The molecule has 1 aromatic carbocycles. The van der Waals surface area contributed by atoms with Crippen molar-refractivity contribution in [2.24, 2.45) is 11.8 Å². The van der Waals surface area contributed by atoms with Gasteiger partial charge in [0.25, 0.3) is 0 Å². The van der Waals surface area contributed by atoms with Crippen LogP contribution < -0.4 is 0 Å². The summed E-state index contributed by atoms with van der Waals surface area (Å²) in [5, 5.41) is 0. The average Bonchev–Trinajstić information content (AvgIpc) is 3.28. The second-order valence-electron chi connectivity index (χ2n) is 10.0. The largest absolute Gasteiger partial charge is 0.457 e. The van der Waals surface area contributed by atoms with Crippen molar-refractivity contribution in [3.8, 4) is 5.69 Å². The first-order valence-electron chi connectivity index (χ1n) is 12.5. The highest BCUT2D eigenvalue weighted by molar-refractivity contribution is 6.05. The zero-order chi connectivity index (χ0) is 25.3. The molecule has 0 unspecified atom stereocenters. The maximum Gasteiger partial charge on any atom is 0.308 e. The SMILES string of the molecule is Cc1cc(C(=O)COC(=O)CCN2C(=O)[C@H]3CCCC[C@@H]3C2=O)c(C)n1-c1ccc(C(C)C)cc1. The summed E-state index contributed by atoms with van der Waals surface area (Å²) in [4.78, 5) is 51.4. The zero-order valence-corrected chi connectivity index (χ0v) is 21.0. The number of hydrogen-bond acceptors (Lipinski definition) is 5. The highest BCUT2D eigenvalue weighted by Crippen LogP contribution is 2.38. The Labute approximate surface area is 206 Å². The Morgan fingerprint density at radius 1 is 1.00 bits per heavy atom. The number of carbonyl (C=O) groups excluding carboxylic acids is 4. The molecule has 0 bridgehead atoms. The van der Waals surface area contributed by atoms with Crippen LogP contribution in [-0.4, -0.2) is 46.2 Å². The first-order valence-corrected chi connectivity index (χ1v) is 12.5. The van der Waals surface area contributed by atoms with Gasteiger partial charge in [-0.15, -0.1) is 0 Å². The average molecular weight is 479 g/mol. The fraction of sp³-hybridized carbons (Fsp3) is 0.500. The van der Waals surface area contributed by atoms with Gasteiger partial charge in [0, 0.05) is 29.2 Å². The second kappa shape index (κ2) is 10.2. The van der Waals surface area contributed by atoms with Crippen molar-refractivity contribution in [3.05, 3.63) is 52.8 Å². The molecule has 186 valence electrons. The summed E-state index contributed by atoms with van der Waals surface area (Å²) in [7, 11) is 0. The van der Waals surface area contributed by atoms with Crippen LogP contribution in [0.3, 0.4) is 0 Å². The quantitative estimate of drug-likeness (QED) is 0.317. The van der Waals surface area contributed by atoms with Gasteiger partial charge in [0.15, 0.2) is 6.61 Å². The van der Waals surface area contributed by atoms with Gasteiger partial charge in [-0.2, -0.15) is 0 Å². The number of esters is 1. The number of aryl methyl sites for hydroxylation is 1. The Kier molecular flexibility index (Phi) is 7.24. The number of hydrogen-bond donors (Lipinski definition) is 0. The number of fused-ring (bicyclic) bond motifs is 1. The van der Waals surface area contributed by atoms with Crippen LogP contribution in [0.15, 0.2) is 30.3 Å². The van der Waals surface area contributed by atoms with E-state index in [2.05, 4.69) is 26.0 Å². The Bertz CT molecular complexity index is 1120. The summed E-state index contributed by atoms with van der Waals surface area (Å²) in [5.74, 6) is -1.23. The van der Waals surface area contributed by atoms with Gasteiger partial charge < -0.3 is 9.30 Å². The molecule has 1 saturated heterocycles. The summed E-state index contributed by atoms with van der Waals surface area (Å²) >= 11 is 0. The maximum atomic E-state index is 12.8. The smallest absolute Gasteiger partial charge is 0.308 e. The standard InChI is InChI=1S/C28H34N2O5/c1-17(2)20-9-11-21(12-10-20)30-18(3)15-24(19(30)4)25(31)16-35-26(32)13-14-29-27(33)22-7-5-6-8-23(22)28(29)34/h9-12,15,17,22-23H,5-8,13-14,16H2,1-4H3/t22-,23-/m0/s1. The van der Waals surface area contributed by atoms with E-state index in [1.807, 2.05) is 36.6 Å². The van der Waals surface area contributed by atoms with E-state index in [0.29, 0.717) is 11.5 Å². The Morgan fingerprint density at radius 3 is 2.17 bits per heavy atom. The molecular weight excluding hydrogens is 444 g/mol. The van der Waals surface area contributed by atoms with E-state index >= 15 is 0 Å². The minimum absolute atomic E-state index is 0.0125. The third kappa shape index (κ3) is 4.95. The van der Waals surface area contributed by atoms with Crippen molar-refractivity contribution < 1.29 is 23.9 Å². The van der Waals surface area contributed by atoms with Crippen LogP contribution >= 0.6 is 0 Å². The predicted octanol–water partition coefficient (Wildman–Crippen LogP) is 4.51. The van der Waals surface area contributed by atoms with Gasteiger partial charge in [0.2, 0.25) is 17.6 Å². The molecule has 1 aliphatic heterocycles. The minimum Gasteiger partial charge on any atom is -0.457 e. The lowest BCUT2D eigenvalue weighted by molar-refractivity contribution is -0.145. The lowest BCUT2D eigenvalue weighted by Gasteiger charge is -2.19. The number of benzene rings is 1. The molecule has 2 atom stereocenters. The third-order valence-electron chi connectivity index (χ3n) is 7.39. The Balaban J connectivity index is 1.34. The van der Waals surface area contributed by atoms with E-state index in [0.717, 1.165) is 42.8 Å². The van der Waals surface area contributed by atoms with Crippen molar-refractivity contribution in [3.63, 3.8) is 0 Å². The number of Topliss-reactive ketones (excluding diaryl/α,β-unsaturated/α-hetero) is 1. The number of likely N-dealkylation sites (tertiary alicyclic amines) is 1. The van der Waals surface area contributed by atoms with Crippen molar-refractivity contribution in [2.75, 3.05) is 13.2 Å². The molecule has 1 aliphatic carbocycles. The molecule has 2 fully saturated rings. The minimum atomic E-state index is -0.591. The number of nitrogens with zero attached hydrogens (tertiary/aromatic N) is 2. The van der Waals surface area contributed by atoms with Crippen LogP contribution in [0.4, 0.5) is 0 Å². The fourth-order valence-corrected chi connectivity index (χ4v) is 5.40. The molecule has 7 heteroatoms. The van der Waals surface area contributed by atoms with E-state index in [-0.39, 0.29) is 49.0 Å². The number of imide groups is 1. The molecule has 0 spiro atoms. The number of aromatic nitrogens is 1. The molecule has 2 aromatic rings. The van der Waals surface area contributed by atoms with E-state index < -0.39 is 5.97 Å². The monoisotopic (exact) mass is 478 g/mol. The summed E-state index contributed by atoms with van der Waals surface area (Å²) in [5.41, 5.74) is 4.44.